The molecule has 39 heavy (non-hydrogen) atoms. The van der Waals surface area contributed by atoms with E-state index < -0.39 is 12.1 Å². The first-order valence-corrected chi connectivity index (χ1v) is 15.1. The van der Waals surface area contributed by atoms with Crippen LogP contribution >= 0.6 is 23.1 Å². The molecule has 0 saturated heterocycles. The monoisotopic (exact) mass is 562 g/mol. The molecular weight excluding hydrogens is 528 g/mol. The molecular formula is C31H34N2O4S2. The van der Waals surface area contributed by atoms with Crippen molar-refractivity contribution in [3.8, 4) is 0 Å². The average Bonchev–Trinajstić information content (AvgIpc) is 3.58. The van der Waals surface area contributed by atoms with E-state index in [-0.39, 0.29) is 35.7 Å². The third-order valence-electron chi connectivity index (χ3n) is 6.33. The molecule has 204 valence electrons. The zero-order chi connectivity index (χ0) is 27.6. The molecule has 2 atom stereocenters. The van der Waals surface area contributed by atoms with Crippen LogP contribution < -0.4 is 10.6 Å². The van der Waals surface area contributed by atoms with Crippen LogP contribution in [0.15, 0.2) is 82.8 Å². The van der Waals surface area contributed by atoms with Gasteiger partial charge in [-0.2, -0.15) is 0 Å². The number of hydrogen-bond acceptors (Lipinski definition) is 6. The SMILES string of the molecule is CC(C)CC(NC(=O)Cc1csc2ccccc12)C(=O)NC(Cc1ccccc1)C(=O)CSCc1ccco1. The molecule has 0 spiro atoms. The summed E-state index contributed by atoms with van der Waals surface area (Å²) in [6.07, 6.45) is 2.67. The van der Waals surface area contributed by atoms with Gasteiger partial charge in [0.1, 0.15) is 11.8 Å². The fourth-order valence-electron chi connectivity index (χ4n) is 4.41. The van der Waals surface area contributed by atoms with Crippen molar-refractivity contribution in [2.45, 2.75) is 50.9 Å². The maximum absolute atomic E-state index is 13.5. The largest absolute Gasteiger partial charge is 0.468 e. The van der Waals surface area contributed by atoms with Gasteiger partial charge in [0.25, 0.3) is 0 Å². The lowest BCUT2D eigenvalue weighted by atomic mass is 9.99. The number of thioether (sulfide) groups is 1. The summed E-state index contributed by atoms with van der Waals surface area (Å²) in [5.41, 5.74) is 1.91. The van der Waals surface area contributed by atoms with Gasteiger partial charge in [-0.25, -0.2) is 0 Å². The Morgan fingerprint density at radius 3 is 2.44 bits per heavy atom. The van der Waals surface area contributed by atoms with Crippen LogP contribution in [0.1, 0.15) is 37.2 Å². The normalized spacial score (nSPS) is 12.8. The summed E-state index contributed by atoms with van der Waals surface area (Å²) in [4.78, 5) is 39.8. The third kappa shape index (κ3) is 8.57. The Morgan fingerprint density at radius 2 is 1.69 bits per heavy atom. The summed E-state index contributed by atoms with van der Waals surface area (Å²) in [6.45, 7) is 4.02. The molecule has 6 nitrogen and oxygen atoms in total. The second kappa shape index (κ2) is 14.1. The van der Waals surface area contributed by atoms with Gasteiger partial charge >= 0.3 is 0 Å². The Morgan fingerprint density at radius 1 is 0.923 bits per heavy atom. The van der Waals surface area contributed by atoms with Crippen molar-refractivity contribution in [1.82, 2.24) is 10.6 Å². The highest BCUT2D eigenvalue weighted by molar-refractivity contribution is 7.99. The first-order chi connectivity index (χ1) is 18.9. The van der Waals surface area contributed by atoms with Gasteiger partial charge in [-0.05, 0) is 58.9 Å². The Hall–Kier alpha value is -3.36. The van der Waals surface area contributed by atoms with Gasteiger partial charge in [-0.1, -0.05) is 62.4 Å². The van der Waals surface area contributed by atoms with Gasteiger partial charge in [-0.15, -0.1) is 23.1 Å². The van der Waals surface area contributed by atoms with Crippen LogP contribution in [-0.2, 0) is 33.0 Å². The van der Waals surface area contributed by atoms with E-state index >= 15 is 0 Å². The van der Waals surface area contributed by atoms with Crippen molar-refractivity contribution in [2.75, 3.05) is 5.75 Å². The van der Waals surface area contributed by atoms with E-state index in [1.54, 1.807) is 17.6 Å². The molecule has 2 amide bonds. The fourth-order valence-corrected chi connectivity index (χ4v) is 6.24. The van der Waals surface area contributed by atoms with Gasteiger partial charge in [0.2, 0.25) is 11.8 Å². The van der Waals surface area contributed by atoms with Crippen molar-refractivity contribution in [3.05, 3.63) is 95.3 Å². The van der Waals surface area contributed by atoms with E-state index in [1.807, 2.05) is 86.0 Å². The number of furan rings is 1. The molecule has 0 aliphatic rings. The molecule has 2 N–H and O–H groups in total. The zero-order valence-corrected chi connectivity index (χ0v) is 23.9. The van der Waals surface area contributed by atoms with Crippen LogP contribution in [0, 0.1) is 5.92 Å². The van der Waals surface area contributed by atoms with E-state index in [4.69, 9.17) is 4.42 Å². The highest BCUT2D eigenvalue weighted by atomic mass is 32.2. The maximum Gasteiger partial charge on any atom is 0.243 e. The third-order valence-corrected chi connectivity index (χ3v) is 8.32. The van der Waals surface area contributed by atoms with Gasteiger partial charge in [0, 0.05) is 4.70 Å². The first-order valence-electron chi connectivity index (χ1n) is 13.1. The smallest absolute Gasteiger partial charge is 0.243 e. The second-order valence-electron chi connectivity index (χ2n) is 9.97. The van der Waals surface area contributed by atoms with Crippen LogP contribution in [0.4, 0.5) is 0 Å². The van der Waals surface area contributed by atoms with Crippen LogP contribution in [0.3, 0.4) is 0 Å². The van der Waals surface area contributed by atoms with E-state index in [9.17, 15) is 14.4 Å². The van der Waals surface area contributed by atoms with Gasteiger partial charge in [0.15, 0.2) is 5.78 Å². The van der Waals surface area contributed by atoms with Crippen molar-refractivity contribution in [1.29, 1.82) is 0 Å². The fraction of sp³-hybridized carbons (Fsp3) is 0.323. The Bertz CT molecular complexity index is 1370. The highest BCUT2D eigenvalue weighted by Crippen LogP contribution is 2.26. The molecule has 0 aliphatic carbocycles. The number of thiophene rings is 1. The van der Waals surface area contributed by atoms with Crippen molar-refractivity contribution >= 4 is 50.8 Å². The zero-order valence-electron chi connectivity index (χ0n) is 22.2. The summed E-state index contributed by atoms with van der Waals surface area (Å²) < 4.78 is 6.49. The molecule has 0 saturated carbocycles. The van der Waals surface area contributed by atoms with Crippen LogP contribution in [0.5, 0.6) is 0 Å². The quantitative estimate of drug-likeness (QED) is 0.203. The topological polar surface area (TPSA) is 88.4 Å². The van der Waals surface area contributed by atoms with Crippen molar-refractivity contribution in [2.24, 2.45) is 5.92 Å². The summed E-state index contributed by atoms with van der Waals surface area (Å²) in [5, 5.41) is 8.97. The maximum atomic E-state index is 13.5. The van der Waals surface area contributed by atoms with Crippen LogP contribution in [0.25, 0.3) is 10.1 Å². The molecule has 2 aromatic heterocycles. The molecule has 0 aliphatic heterocycles. The second-order valence-corrected chi connectivity index (χ2v) is 11.9. The van der Waals surface area contributed by atoms with E-state index in [1.165, 1.54) is 11.8 Å². The number of benzene rings is 2. The van der Waals surface area contributed by atoms with Crippen LogP contribution in [-0.4, -0.2) is 35.4 Å². The predicted octanol–water partition coefficient (Wildman–Crippen LogP) is 5.80. The molecule has 4 aromatic rings. The lowest BCUT2D eigenvalue weighted by molar-refractivity contribution is -0.131. The number of rotatable bonds is 14. The van der Waals surface area contributed by atoms with Gasteiger partial charge in [-0.3, -0.25) is 14.4 Å². The number of carbonyl (C=O) groups is 3. The number of nitrogens with one attached hydrogen (secondary N) is 2. The lowest BCUT2D eigenvalue weighted by Crippen LogP contribution is -2.53. The van der Waals surface area contributed by atoms with Crippen LogP contribution in [0.2, 0.25) is 0 Å². The molecule has 8 heteroatoms. The molecule has 2 heterocycles. The minimum absolute atomic E-state index is 0.0666. The van der Waals surface area contributed by atoms with E-state index in [0.29, 0.717) is 18.6 Å². The number of hydrogen-bond donors (Lipinski definition) is 2. The summed E-state index contributed by atoms with van der Waals surface area (Å²) >= 11 is 3.06. The number of Topliss-reactive ketones (excluding diaryl/α,β-unsaturated/α-hetero) is 1. The van der Waals surface area contributed by atoms with E-state index in [2.05, 4.69) is 10.6 Å². The molecule has 4 rings (SSSR count). The minimum Gasteiger partial charge on any atom is -0.468 e. The molecule has 0 fully saturated rings. The van der Waals surface area contributed by atoms with Gasteiger partial charge in [0.05, 0.1) is 30.2 Å². The summed E-state index contributed by atoms with van der Waals surface area (Å²) in [5.74, 6) is 1.18. The molecule has 0 radical (unpaired) electrons. The summed E-state index contributed by atoms with van der Waals surface area (Å²) in [7, 11) is 0. The highest BCUT2D eigenvalue weighted by Gasteiger charge is 2.28. The molecule has 0 bridgehead atoms. The lowest BCUT2D eigenvalue weighted by Gasteiger charge is -2.24. The number of carbonyl (C=O) groups excluding carboxylic acids is 3. The first kappa shape index (κ1) is 28.6. The Balaban J connectivity index is 1.42. The predicted molar refractivity (Wildman–Crippen MR) is 159 cm³/mol. The molecule has 2 aromatic carbocycles. The van der Waals surface area contributed by atoms with E-state index in [0.717, 1.165) is 27.0 Å². The van der Waals surface area contributed by atoms with Crippen molar-refractivity contribution in [3.63, 3.8) is 0 Å². The number of ketones is 1. The molecule has 2 unspecified atom stereocenters. The average molecular weight is 563 g/mol. The van der Waals surface area contributed by atoms with Crippen molar-refractivity contribution < 1.29 is 18.8 Å². The Kier molecular flexibility index (Phi) is 10.4. The number of amides is 2. The Labute approximate surface area is 237 Å². The van der Waals surface area contributed by atoms with Gasteiger partial charge < -0.3 is 15.1 Å². The summed E-state index contributed by atoms with van der Waals surface area (Å²) in [6, 6.07) is 19.9. The number of fused-ring (bicyclic) bond motifs is 1. The standard InChI is InChI=1S/C31H34N2O4S2/c1-21(2)15-27(32-30(35)17-23-18-39-29-13-7-6-12-25(23)29)31(36)33-26(16-22-9-4-3-5-10-22)28(34)20-38-19-24-11-8-14-37-24/h3-14,18,21,26-27H,15-17,19-20H2,1-2H3,(H,32,35)(H,33,36). The minimum atomic E-state index is -0.732.